The van der Waals surface area contributed by atoms with Gasteiger partial charge in [0.2, 0.25) is 5.95 Å². The Morgan fingerprint density at radius 1 is 1.45 bits per heavy atom. The summed E-state index contributed by atoms with van der Waals surface area (Å²) in [5, 5.41) is 14.0. The molecule has 1 aromatic carbocycles. The molecule has 0 saturated heterocycles. The Balaban J connectivity index is 2.65. The second-order valence-corrected chi connectivity index (χ2v) is 4.17. The number of nitrogens with zero attached hydrogens (tertiary/aromatic N) is 3. The van der Waals surface area contributed by atoms with Gasteiger partial charge in [-0.1, -0.05) is 6.07 Å². The van der Waals surface area contributed by atoms with Gasteiger partial charge < -0.3 is 5.32 Å². The SMILES string of the molecule is CCNc1ncc([N+](=O)[O-])c(-c2cc(F)ccc2C)n1. The molecule has 0 aliphatic rings. The highest BCUT2D eigenvalue weighted by molar-refractivity contribution is 5.72. The van der Waals surface area contributed by atoms with E-state index in [2.05, 4.69) is 15.3 Å². The molecule has 7 heteroatoms. The van der Waals surface area contributed by atoms with E-state index in [4.69, 9.17) is 0 Å². The van der Waals surface area contributed by atoms with E-state index in [0.29, 0.717) is 17.7 Å². The largest absolute Gasteiger partial charge is 0.354 e. The van der Waals surface area contributed by atoms with Crippen LogP contribution in [0.3, 0.4) is 0 Å². The zero-order chi connectivity index (χ0) is 14.7. The molecule has 0 atom stereocenters. The average molecular weight is 276 g/mol. The highest BCUT2D eigenvalue weighted by Crippen LogP contribution is 2.30. The first-order valence-corrected chi connectivity index (χ1v) is 6.04. The molecule has 6 nitrogen and oxygen atoms in total. The molecule has 2 aromatic rings. The quantitative estimate of drug-likeness (QED) is 0.686. The summed E-state index contributed by atoms with van der Waals surface area (Å²) in [6, 6.07) is 4.10. The monoisotopic (exact) mass is 276 g/mol. The first kappa shape index (κ1) is 13.9. The molecule has 104 valence electrons. The van der Waals surface area contributed by atoms with E-state index in [1.165, 1.54) is 12.1 Å². The minimum Gasteiger partial charge on any atom is -0.354 e. The minimum absolute atomic E-state index is 0.109. The number of rotatable bonds is 4. The van der Waals surface area contributed by atoms with E-state index in [9.17, 15) is 14.5 Å². The van der Waals surface area contributed by atoms with Crippen LogP contribution >= 0.6 is 0 Å². The van der Waals surface area contributed by atoms with Crippen molar-refractivity contribution in [3.63, 3.8) is 0 Å². The van der Waals surface area contributed by atoms with Crippen molar-refractivity contribution in [2.75, 3.05) is 11.9 Å². The van der Waals surface area contributed by atoms with Crippen LogP contribution in [0.15, 0.2) is 24.4 Å². The fraction of sp³-hybridized carbons (Fsp3) is 0.231. The summed E-state index contributed by atoms with van der Waals surface area (Å²) >= 11 is 0. The highest BCUT2D eigenvalue weighted by atomic mass is 19.1. The van der Waals surface area contributed by atoms with Crippen molar-refractivity contribution in [1.82, 2.24) is 9.97 Å². The normalized spacial score (nSPS) is 10.3. The lowest BCUT2D eigenvalue weighted by Gasteiger charge is -2.08. The van der Waals surface area contributed by atoms with E-state index < -0.39 is 10.7 Å². The molecule has 0 amide bonds. The first-order valence-electron chi connectivity index (χ1n) is 6.04. The molecular weight excluding hydrogens is 263 g/mol. The Morgan fingerprint density at radius 2 is 2.20 bits per heavy atom. The number of anilines is 1. The van der Waals surface area contributed by atoms with Crippen LogP contribution in [0, 0.1) is 22.9 Å². The van der Waals surface area contributed by atoms with Crippen LogP contribution in [-0.2, 0) is 0 Å². The standard InChI is InChI=1S/C13H13FN4O2/c1-3-15-13-16-7-11(18(19)20)12(17-13)10-6-9(14)5-4-8(10)2/h4-7H,3H2,1-2H3,(H,15,16,17). The number of aryl methyl sites for hydroxylation is 1. The minimum atomic E-state index is -0.574. The van der Waals surface area contributed by atoms with Crippen LogP contribution in [-0.4, -0.2) is 21.4 Å². The fourth-order valence-electron chi connectivity index (χ4n) is 1.80. The van der Waals surface area contributed by atoms with Crippen LogP contribution in [0.5, 0.6) is 0 Å². The number of hydrogen-bond donors (Lipinski definition) is 1. The smallest absolute Gasteiger partial charge is 0.313 e. The zero-order valence-electron chi connectivity index (χ0n) is 11.1. The molecule has 0 aliphatic heterocycles. The Morgan fingerprint density at radius 3 is 2.85 bits per heavy atom. The second kappa shape index (κ2) is 5.60. The maximum absolute atomic E-state index is 13.4. The van der Waals surface area contributed by atoms with Crippen LogP contribution in [0.25, 0.3) is 11.3 Å². The number of hydrogen-bond acceptors (Lipinski definition) is 5. The van der Waals surface area contributed by atoms with Gasteiger partial charge in [-0.05, 0) is 31.5 Å². The zero-order valence-corrected chi connectivity index (χ0v) is 11.1. The van der Waals surface area contributed by atoms with Crippen LogP contribution in [0.2, 0.25) is 0 Å². The van der Waals surface area contributed by atoms with E-state index in [0.717, 1.165) is 6.20 Å². The third kappa shape index (κ3) is 2.71. The van der Waals surface area contributed by atoms with Crippen molar-refractivity contribution in [3.8, 4) is 11.3 Å². The Hall–Kier alpha value is -2.57. The summed E-state index contributed by atoms with van der Waals surface area (Å²) in [4.78, 5) is 18.5. The Kier molecular flexibility index (Phi) is 3.88. The predicted octanol–water partition coefficient (Wildman–Crippen LogP) is 2.93. The lowest BCUT2D eigenvalue weighted by atomic mass is 10.0. The van der Waals surface area contributed by atoms with Gasteiger partial charge in [-0.3, -0.25) is 10.1 Å². The summed E-state index contributed by atoms with van der Waals surface area (Å²) in [5.41, 5.74) is 0.951. The van der Waals surface area contributed by atoms with Gasteiger partial charge in [-0.25, -0.2) is 14.4 Å². The molecule has 2 rings (SSSR count). The summed E-state index contributed by atoms with van der Waals surface area (Å²) in [6.45, 7) is 4.19. The van der Waals surface area contributed by atoms with Crippen molar-refractivity contribution >= 4 is 11.6 Å². The van der Waals surface area contributed by atoms with Crippen LogP contribution in [0.4, 0.5) is 16.0 Å². The molecule has 0 fully saturated rings. The number of aromatic nitrogens is 2. The summed E-state index contributed by atoms with van der Waals surface area (Å²) in [6.07, 6.45) is 1.13. The number of nitro groups is 1. The predicted molar refractivity (Wildman–Crippen MR) is 73.0 cm³/mol. The molecule has 1 N–H and O–H groups in total. The van der Waals surface area contributed by atoms with Gasteiger partial charge in [0.1, 0.15) is 12.0 Å². The molecule has 0 aliphatic carbocycles. The van der Waals surface area contributed by atoms with Gasteiger partial charge in [-0.15, -0.1) is 0 Å². The Bertz CT molecular complexity index is 661. The number of halogens is 1. The van der Waals surface area contributed by atoms with Gasteiger partial charge in [0, 0.05) is 12.1 Å². The lowest BCUT2D eigenvalue weighted by Crippen LogP contribution is -2.05. The van der Waals surface area contributed by atoms with E-state index in [1.54, 1.807) is 13.0 Å². The molecule has 0 saturated carbocycles. The van der Waals surface area contributed by atoms with Crippen molar-refractivity contribution < 1.29 is 9.31 Å². The van der Waals surface area contributed by atoms with Gasteiger partial charge >= 0.3 is 5.69 Å². The van der Waals surface area contributed by atoms with Crippen molar-refractivity contribution in [2.24, 2.45) is 0 Å². The summed E-state index contributed by atoms with van der Waals surface area (Å²) in [7, 11) is 0. The van der Waals surface area contributed by atoms with Gasteiger partial charge in [0.25, 0.3) is 0 Å². The molecule has 1 heterocycles. The molecule has 1 aromatic heterocycles. The maximum atomic E-state index is 13.4. The van der Waals surface area contributed by atoms with Crippen molar-refractivity contribution in [2.45, 2.75) is 13.8 Å². The van der Waals surface area contributed by atoms with E-state index in [1.807, 2.05) is 6.92 Å². The maximum Gasteiger partial charge on any atom is 0.313 e. The first-order chi connectivity index (χ1) is 9.52. The third-order valence-corrected chi connectivity index (χ3v) is 2.76. The lowest BCUT2D eigenvalue weighted by molar-refractivity contribution is -0.384. The Labute approximate surface area is 114 Å². The molecule has 20 heavy (non-hydrogen) atoms. The van der Waals surface area contributed by atoms with Gasteiger partial charge in [0.05, 0.1) is 4.92 Å². The third-order valence-electron chi connectivity index (χ3n) is 2.76. The van der Waals surface area contributed by atoms with E-state index in [-0.39, 0.29) is 17.3 Å². The summed E-state index contributed by atoms with van der Waals surface area (Å²) < 4.78 is 13.4. The van der Waals surface area contributed by atoms with E-state index >= 15 is 0 Å². The van der Waals surface area contributed by atoms with Gasteiger partial charge in [-0.2, -0.15) is 0 Å². The van der Waals surface area contributed by atoms with Crippen LogP contribution < -0.4 is 5.32 Å². The molecule has 0 unspecified atom stereocenters. The van der Waals surface area contributed by atoms with Crippen molar-refractivity contribution in [3.05, 3.63) is 45.9 Å². The van der Waals surface area contributed by atoms with Crippen molar-refractivity contribution in [1.29, 1.82) is 0 Å². The van der Waals surface area contributed by atoms with Gasteiger partial charge in [0.15, 0.2) is 5.69 Å². The molecular formula is C13H13FN4O2. The average Bonchev–Trinajstić information content (AvgIpc) is 2.41. The number of nitrogens with one attached hydrogen (secondary N) is 1. The fourth-order valence-corrected chi connectivity index (χ4v) is 1.80. The summed E-state index contributed by atoms with van der Waals surface area (Å²) in [5.74, 6) is -0.194. The molecule has 0 bridgehead atoms. The number of benzene rings is 1. The molecule has 0 radical (unpaired) electrons. The second-order valence-electron chi connectivity index (χ2n) is 4.17. The van der Waals surface area contributed by atoms with Crippen LogP contribution in [0.1, 0.15) is 12.5 Å². The topological polar surface area (TPSA) is 81.0 Å². The molecule has 0 spiro atoms. The highest BCUT2D eigenvalue weighted by Gasteiger charge is 2.20.